The second-order valence-electron chi connectivity index (χ2n) is 3.67. The predicted molar refractivity (Wildman–Crippen MR) is 94.3 cm³/mol. The minimum absolute atomic E-state index is 0. The van der Waals surface area contributed by atoms with Crippen molar-refractivity contribution in [1.29, 1.82) is 0 Å². The molecule has 306 valence electrons. The third-order valence-corrected chi connectivity index (χ3v) is 0. The summed E-state index contributed by atoms with van der Waals surface area (Å²) < 4.78 is 307. The van der Waals surface area contributed by atoms with E-state index in [4.69, 9.17) is 158 Å². The van der Waals surface area contributed by atoms with Crippen LogP contribution in [0.5, 0.6) is 0 Å². The first-order valence-electron chi connectivity index (χ1n) is 6.00. The van der Waals surface area contributed by atoms with Gasteiger partial charge in [0.25, 0.3) is 0 Å². The molecule has 0 saturated heterocycles. The molecular weight excluding hydrogens is 1450 g/mol. The van der Waals surface area contributed by atoms with Crippen molar-refractivity contribution < 1.29 is 254 Å². The Morgan fingerprint density at radius 2 is 0.163 bits per heavy atom. The van der Waals surface area contributed by atoms with E-state index in [1.165, 1.54) is 0 Å². The van der Waals surface area contributed by atoms with Gasteiger partial charge < -0.3 is 81.9 Å². The number of hydrogen-bond donors (Lipinski definition) is 0. The second kappa shape index (κ2) is 38.3. The van der Waals surface area contributed by atoms with Crippen LogP contribution in [0.3, 0.4) is 0 Å². The van der Waals surface area contributed by atoms with Crippen LogP contribution >= 0.6 is 0 Å². The SMILES string of the molecule is O=S(=O)([O-])[O-].O=S(=O)([O-])[O-].O=S(=O)([O-])[O-].O=S(=O)([O-])[O-].O=S(=O)([O-])[O-].O=S(=O)([O-])[O-].O=S(=O)([O-])[O-].O=S(=O)([O-])[O-].O=S(=O)([O-])[O-].[Fe+3].[Fe+3].[U].[U]. The molecule has 0 aliphatic rings. The summed E-state index contributed by atoms with van der Waals surface area (Å²) in [7, 11) is -46.5. The van der Waals surface area contributed by atoms with Gasteiger partial charge in [0, 0.05) is 156 Å². The van der Waals surface area contributed by atoms with E-state index in [1.807, 2.05) is 0 Å². The van der Waals surface area contributed by atoms with E-state index in [-0.39, 0.29) is 96.4 Å². The standard InChI is InChI=1S/2Fe.9H2O4S.2U/c;;9*1-5(2,3)4;;/h;;9*(H2,1,2,3,4);;/q2*+3;;;;;;;;;;;/p-18. The smallest absolute Gasteiger partial charge is 0.759 e. The van der Waals surface area contributed by atoms with Gasteiger partial charge in [-0.15, -0.1) is 0 Å². The van der Waals surface area contributed by atoms with Crippen molar-refractivity contribution in [2.45, 2.75) is 0 Å². The normalized spacial score (nSPS) is 10.7. The maximum absolute atomic E-state index is 8.52. The molecule has 0 aliphatic heterocycles. The third-order valence-electron chi connectivity index (χ3n) is 0. The molecule has 0 amide bonds. The van der Waals surface area contributed by atoms with Crippen molar-refractivity contribution in [2.75, 3.05) is 0 Å². The van der Waals surface area contributed by atoms with Crippen LogP contribution in [0.25, 0.3) is 0 Å². The number of hydrogen-bond acceptors (Lipinski definition) is 36. The maximum Gasteiger partial charge on any atom is 3.00 e. The van der Waals surface area contributed by atoms with E-state index in [1.54, 1.807) is 0 Å². The summed E-state index contributed by atoms with van der Waals surface area (Å²) in [5.41, 5.74) is 0. The van der Waals surface area contributed by atoms with Crippen LogP contribution in [0.4, 0.5) is 0 Å². The molecule has 0 heterocycles. The van der Waals surface area contributed by atoms with Crippen LogP contribution in [0.1, 0.15) is 0 Å². The molecule has 0 rings (SSSR count). The average Bonchev–Trinajstić information content (AvgIpc) is 2.26. The van der Waals surface area contributed by atoms with E-state index < -0.39 is 93.6 Å². The zero-order valence-electron chi connectivity index (χ0n) is 20.1. The van der Waals surface area contributed by atoms with Crippen LogP contribution in [-0.4, -0.2) is 158 Å². The van der Waals surface area contributed by atoms with Gasteiger partial charge in [-0.3, -0.25) is 75.8 Å². The van der Waals surface area contributed by atoms with Crippen molar-refractivity contribution in [1.82, 2.24) is 0 Å². The second-order valence-corrected chi connectivity index (χ2v) is 11.0. The Hall–Kier alpha value is 1.97. The predicted octanol–water partition coefficient (Wildman–Crippen LogP) is -12.0. The van der Waals surface area contributed by atoms with E-state index in [0.29, 0.717) is 0 Å². The van der Waals surface area contributed by atoms with E-state index in [9.17, 15) is 0 Å². The van der Waals surface area contributed by atoms with E-state index in [2.05, 4.69) is 0 Å². The van der Waals surface area contributed by atoms with Gasteiger partial charge in [0.05, 0.1) is 0 Å². The van der Waals surface area contributed by atoms with Crippen molar-refractivity contribution in [3.63, 3.8) is 0 Å². The Morgan fingerprint density at radius 3 is 0.163 bits per heavy atom. The topological polar surface area (TPSA) is 722 Å². The van der Waals surface area contributed by atoms with Crippen LogP contribution < -0.4 is 0 Å². The monoisotopic (exact) mass is 1450 g/mol. The summed E-state index contributed by atoms with van der Waals surface area (Å²) in [5, 5.41) is 0. The molecule has 0 saturated carbocycles. The Balaban J connectivity index is -0.0000000268. The van der Waals surface area contributed by atoms with Crippen LogP contribution in [0.2, 0.25) is 0 Å². The minimum Gasteiger partial charge on any atom is -0.759 e. The summed E-state index contributed by atoms with van der Waals surface area (Å²) in [5.74, 6) is 0. The maximum atomic E-state index is 8.52. The van der Waals surface area contributed by atoms with Crippen molar-refractivity contribution >= 4 is 93.6 Å². The summed E-state index contributed by atoms with van der Waals surface area (Å²) in [6, 6.07) is 0. The van der Waals surface area contributed by atoms with Crippen LogP contribution in [0.15, 0.2) is 0 Å². The van der Waals surface area contributed by atoms with Gasteiger partial charge >= 0.3 is 34.1 Å². The number of rotatable bonds is 0. The van der Waals surface area contributed by atoms with Gasteiger partial charge in [-0.2, -0.15) is 0 Å². The van der Waals surface area contributed by atoms with Gasteiger partial charge in [0.15, 0.2) is 0 Å². The minimum atomic E-state index is -5.17. The molecule has 49 heavy (non-hydrogen) atoms. The van der Waals surface area contributed by atoms with Crippen LogP contribution in [-0.2, 0) is 128 Å². The molecule has 0 aliphatic carbocycles. The molecule has 0 aromatic heterocycles. The average molecular weight is 1450 g/mol. The Morgan fingerprint density at radius 1 is 0.163 bits per heavy atom. The van der Waals surface area contributed by atoms with Gasteiger partial charge in [0.2, 0.25) is 0 Å². The third kappa shape index (κ3) is 29500. The summed E-state index contributed by atoms with van der Waals surface area (Å²) in [6.45, 7) is 0. The summed E-state index contributed by atoms with van der Waals surface area (Å²) in [4.78, 5) is 0. The first-order chi connectivity index (χ1) is 18.0. The molecule has 2 radical (unpaired) electrons. The Kier molecular flexibility index (Phi) is 68.9. The zero-order chi connectivity index (χ0) is 40.5. The zero-order valence-corrected chi connectivity index (χ0v) is 38.0. The molecule has 0 bridgehead atoms. The van der Waals surface area contributed by atoms with Crippen LogP contribution in [0, 0.1) is 62.2 Å². The Bertz CT molecular complexity index is 1230. The molecule has 0 aromatic rings. The molecule has 0 N–H and O–H groups in total. The van der Waals surface area contributed by atoms with Gasteiger partial charge in [-0.1, -0.05) is 0 Å². The van der Waals surface area contributed by atoms with E-state index in [0.717, 1.165) is 0 Å². The molecular formula is Fe2O36S9U2-12. The van der Waals surface area contributed by atoms with E-state index >= 15 is 0 Å². The molecule has 0 unspecified atom stereocenters. The largest absolute Gasteiger partial charge is 3.00 e. The first-order valence-corrected chi connectivity index (χ1v) is 18.0. The fraction of sp³-hybridized carbons (Fsp3) is 0. The van der Waals surface area contributed by atoms with Crippen molar-refractivity contribution in [2.24, 2.45) is 0 Å². The first kappa shape index (κ1) is 88.3. The molecule has 49 heteroatoms. The van der Waals surface area contributed by atoms with Gasteiger partial charge in [0.1, 0.15) is 0 Å². The summed E-state index contributed by atoms with van der Waals surface area (Å²) in [6.07, 6.45) is 0. The fourth-order valence-electron chi connectivity index (χ4n) is 0. The van der Waals surface area contributed by atoms with Crippen molar-refractivity contribution in [3.05, 3.63) is 0 Å². The molecule has 0 fully saturated rings. The van der Waals surface area contributed by atoms with Gasteiger partial charge in [-0.25, -0.2) is 0 Å². The van der Waals surface area contributed by atoms with Gasteiger partial charge in [-0.05, 0) is 0 Å². The molecule has 0 aromatic carbocycles. The molecule has 0 atom stereocenters. The Labute approximate surface area is 343 Å². The molecule has 0 spiro atoms. The quantitative estimate of drug-likeness (QED) is 0.123. The van der Waals surface area contributed by atoms with Crippen molar-refractivity contribution in [3.8, 4) is 0 Å². The summed E-state index contributed by atoms with van der Waals surface area (Å²) >= 11 is 0. The fourth-order valence-corrected chi connectivity index (χ4v) is 0. The molecule has 36 nitrogen and oxygen atoms in total.